The minimum atomic E-state index is -0.0830. The molecule has 1 atom stereocenters. The van der Waals surface area contributed by atoms with Crippen molar-refractivity contribution in [1.82, 2.24) is 5.32 Å². The van der Waals surface area contributed by atoms with E-state index in [-0.39, 0.29) is 17.5 Å². The van der Waals surface area contributed by atoms with Crippen LogP contribution in [0.15, 0.2) is 36.4 Å². The average molecular weight is 271 g/mol. The molecule has 1 aliphatic rings. The quantitative estimate of drug-likeness (QED) is 0.734. The van der Waals surface area contributed by atoms with Crippen molar-refractivity contribution in [3.63, 3.8) is 0 Å². The van der Waals surface area contributed by atoms with Crippen LogP contribution in [0.5, 0.6) is 17.2 Å². The Morgan fingerprint density at radius 1 is 1.15 bits per heavy atom. The summed E-state index contributed by atoms with van der Waals surface area (Å²) in [7, 11) is 1.64. The van der Waals surface area contributed by atoms with Gasteiger partial charge in [0.15, 0.2) is 11.5 Å². The third kappa shape index (κ3) is 2.18. The lowest BCUT2D eigenvalue weighted by Gasteiger charge is -2.28. The number of aromatic hydroxyl groups is 2. The summed E-state index contributed by atoms with van der Waals surface area (Å²) in [6, 6.07) is 11.2. The Morgan fingerprint density at radius 2 is 1.95 bits per heavy atom. The first-order valence-electron chi connectivity index (χ1n) is 6.61. The molecule has 0 fully saturated rings. The monoisotopic (exact) mass is 271 g/mol. The summed E-state index contributed by atoms with van der Waals surface area (Å²) in [5.74, 6) is 0.662. The Morgan fingerprint density at radius 3 is 2.75 bits per heavy atom. The summed E-state index contributed by atoms with van der Waals surface area (Å²) >= 11 is 0. The lowest BCUT2D eigenvalue weighted by Crippen LogP contribution is -2.30. The van der Waals surface area contributed by atoms with Crippen LogP contribution in [0.25, 0.3) is 0 Å². The Hall–Kier alpha value is -2.20. The lowest BCUT2D eigenvalue weighted by molar-refractivity contribution is 0.400. The second-order valence-electron chi connectivity index (χ2n) is 4.95. The fourth-order valence-electron chi connectivity index (χ4n) is 2.70. The second-order valence-corrected chi connectivity index (χ2v) is 4.95. The largest absolute Gasteiger partial charge is 0.504 e. The van der Waals surface area contributed by atoms with Crippen LogP contribution in [0.3, 0.4) is 0 Å². The van der Waals surface area contributed by atoms with Crippen LogP contribution in [0, 0.1) is 0 Å². The highest BCUT2D eigenvalue weighted by Gasteiger charge is 2.23. The van der Waals surface area contributed by atoms with E-state index < -0.39 is 0 Å². The average Bonchev–Trinajstić information content (AvgIpc) is 2.48. The molecule has 0 saturated carbocycles. The third-order valence-corrected chi connectivity index (χ3v) is 3.72. The zero-order valence-electron chi connectivity index (χ0n) is 11.3. The molecule has 3 rings (SSSR count). The number of benzene rings is 2. The topological polar surface area (TPSA) is 61.7 Å². The van der Waals surface area contributed by atoms with Gasteiger partial charge in [0.2, 0.25) is 0 Å². The predicted molar refractivity (Wildman–Crippen MR) is 76.3 cm³/mol. The van der Waals surface area contributed by atoms with Crippen LogP contribution in [0.4, 0.5) is 0 Å². The highest BCUT2D eigenvalue weighted by Crippen LogP contribution is 2.36. The van der Waals surface area contributed by atoms with Crippen LogP contribution in [-0.4, -0.2) is 23.9 Å². The van der Waals surface area contributed by atoms with E-state index in [0.29, 0.717) is 0 Å². The van der Waals surface area contributed by atoms with Crippen LogP contribution in [-0.2, 0) is 6.42 Å². The molecule has 0 unspecified atom stereocenters. The molecule has 2 aromatic rings. The minimum absolute atomic E-state index is 0.000324. The van der Waals surface area contributed by atoms with Gasteiger partial charge in [-0.1, -0.05) is 12.1 Å². The van der Waals surface area contributed by atoms with Crippen molar-refractivity contribution >= 4 is 0 Å². The highest BCUT2D eigenvalue weighted by molar-refractivity contribution is 5.50. The van der Waals surface area contributed by atoms with E-state index in [2.05, 4.69) is 5.32 Å². The fraction of sp³-hybridized carbons (Fsp3) is 0.250. The van der Waals surface area contributed by atoms with E-state index in [9.17, 15) is 10.2 Å². The molecule has 1 heterocycles. The van der Waals surface area contributed by atoms with Gasteiger partial charge in [-0.3, -0.25) is 0 Å². The van der Waals surface area contributed by atoms with Crippen LogP contribution in [0.2, 0.25) is 0 Å². The fourth-order valence-corrected chi connectivity index (χ4v) is 2.70. The van der Waals surface area contributed by atoms with E-state index >= 15 is 0 Å². The van der Waals surface area contributed by atoms with Gasteiger partial charge in [-0.15, -0.1) is 0 Å². The van der Waals surface area contributed by atoms with Crippen LogP contribution >= 0.6 is 0 Å². The number of phenolic OH excluding ortho intramolecular Hbond substituents is 2. The normalized spacial score (nSPS) is 17.6. The van der Waals surface area contributed by atoms with Gasteiger partial charge < -0.3 is 20.3 Å². The summed E-state index contributed by atoms with van der Waals surface area (Å²) < 4.78 is 5.26. The number of ether oxygens (including phenoxy) is 1. The molecule has 0 aromatic heterocycles. The standard InChI is InChI=1S/C16H17NO3/c1-20-12-4-2-3-11(7-12)16-13-9-15(19)14(18)8-10(13)5-6-17-16/h2-4,7-9,16-19H,5-6H2,1H3/t16-/m1/s1. The highest BCUT2D eigenvalue weighted by atomic mass is 16.5. The molecule has 0 radical (unpaired) electrons. The zero-order valence-corrected chi connectivity index (χ0v) is 11.3. The number of nitrogens with one attached hydrogen (secondary N) is 1. The van der Waals surface area contributed by atoms with Gasteiger partial charge >= 0.3 is 0 Å². The molecule has 0 spiro atoms. The molecule has 0 amide bonds. The maximum atomic E-state index is 9.74. The maximum Gasteiger partial charge on any atom is 0.157 e. The van der Waals surface area contributed by atoms with Gasteiger partial charge in [0, 0.05) is 6.54 Å². The Balaban J connectivity index is 2.06. The van der Waals surface area contributed by atoms with Gasteiger partial charge in [-0.25, -0.2) is 0 Å². The number of hydrogen-bond donors (Lipinski definition) is 3. The van der Waals surface area contributed by atoms with Crippen molar-refractivity contribution in [3.05, 3.63) is 53.1 Å². The first-order chi connectivity index (χ1) is 9.69. The first-order valence-corrected chi connectivity index (χ1v) is 6.61. The van der Waals surface area contributed by atoms with Crippen LogP contribution in [0.1, 0.15) is 22.7 Å². The number of rotatable bonds is 2. The van der Waals surface area contributed by atoms with Gasteiger partial charge in [-0.2, -0.15) is 0 Å². The van der Waals surface area contributed by atoms with Crippen molar-refractivity contribution in [3.8, 4) is 17.2 Å². The maximum absolute atomic E-state index is 9.74. The Labute approximate surface area is 117 Å². The van der Waals surface area contributed by atoms with Crippen molar-refractivity contribution in [2.24, 2.45) is 0 Å². The summed E-state index contributed by atoms with van der Waals surface area (Å²) in [6.45, 7) is 0.832. The van der Waals surface area contributed by atoms with Crippen molar-refractivity contribution in [1.29, 1.82) is 0 Å². The predicted octanol–water partition coefficient (Wildman–Crippen LogP) is 2.34. The van der Waals surface area contributed by atoms with Crippen molar-refractivity contribution in [2.75, 3.05) is 13.7 Å². The van der Waals surface area contributed by atoms with Gasteiger partial charge in [0.25, 0.3) is 0 Å². The molecule has 3 N–H and O–H groups in total. The summed E-state index contributed by atoms with van der Waals surface area (Å²) in [4.78, 5) is 0. The van der Waals surface area contributed by atoms with Crippen molar-refractivity contribution in [2.45, 2.75) is 12.5 Å². The zero-order chi connectivity index (χ0) is 14.1. The van der Waals surface area contributed by atoms with E-state index in [1.807, 2.05) is 24.3 Å². The molecule has 0 saturated heterocycles. The van der Waals surface area contributed by atoms with E-state index in [0.717, 1.165) is 35.4 Å². The molecule has 20 heavy (non-hydrogen) atoms. The molecular formula is C16H17NO3. The number of phenols is 2. The van der Waals surface area contributed by atoms with Gasteiger partial charge in [-0.05, 0) is 47.4 Å². The Kier molecular flexibility index (Phi) is 3.24. The molecule has 4 heteroatoms. The lowest BCUT2D eigenvalue weighted by atomic mass is 9.89. The molecule has 2 aromatic carbocycles. The van der Waals surface area contributed by atoms with Crippen LogP contribution < -0.4 is 10.1 Å². The number of hydrogen-bond acceptors (Lipinski definition) is 4. The Bertz CT molecular complexity index is 640. The van der Waals surface area contributed by atoms with E-state index in [1.165, 1.54) is 0 Å². The second kappa shape index (κ2) is 5.06. The number of fused-ring (bicyclic) bond motifs is 1. The molecular weight excluding hydrogens is 254 g/mol. The molecule has 104 valence electrons. The summed E-state index contributed by atoms with van der Waals surface area (Å²) in [6.07, 6.45) is 0.837. The SMILES string of the molecule is COc1cccc([C@H]2NCCc3cc(O)c(O)cc32)c1. The molecule has 0 bridgehead atoms. The number of methoxy groups -OCH3 is 1. The first kappa shape index (κ1) is 12.8. The molecule has 0 aliphatic carbocycles. The molecule has 4 nitrogen and oxygen atoms in total. The smallest absolute Gasteiger partial charge is 0.157 e. The van der Waals surface area contributed by atoms with E-state index in [1.54, 1.807) is 19.2 Å². The van der Waals surface area contributed by atoms with E-state index in [4.69, 9.17) is 4.74 Å². The molecule has 1 aliphatic heterocycles. The van der Waals surface area contributed by atoms with Gasteiger partial charge in [0.1, 0.15) is 5.75 Å². The summed E-state index contributed by atoms with van der Waals surface area (Å²) in [5, 5.41) is 22.8. The summed E-state index contributed by atoms with van der Waals surface area (Å²) in [5.41, 5.74) is 3.14. The third-order valence-electron chi connectivity index (χ3n) is 3.72. The van der Waals surface area contributed by atoms with Crippen molar-refractivity contribution < 1.29 is 14.9 Å². The minimum Gasteiger partial charge on any atom is -0.504 e. The van der Waals surface area contributed by atoms with Gasteiger partial charge in [0.05, 0.1) is 13.2 Å².